The molecule has 1 aliphatic carbocycles. The van der Waals surface area contributed by atoms with Crippen LogP contribution in [0.1, 0.15) is 38.2 Å². The number of sulfonamides is 1. The predicted molar refractivity (Wildman–Crippen MR) is 98.6 cm³/mol. The first-order valence-corrected chi connectivity index (χ1v) is 10.2. The van der Waals surface area contributed by atoms with E-state index in [-0.39, 0.29) is 23.3 Å². The molecule has 1 saturated carbocycles. The smallest absolute Gasteiger partial charge is 0.240 e. The van der Waals surface area contributed by atoms with Gasteiger partial charge in [0.2, 0.25) is 15.9 Å². The minimum absolute atomic E-state index is 0.000709. The van der Waals surface area contributed by atoms with Gasteiger partial charge in [-0.05, 0) is 38.8 Å². The Hall–Kier alpha value is -1.44. The van der Waals surface area contributed by atoms with Gasteiger partial charge in [0.15, 0.2) is 0 Å². The summed E-state index contributed by atoms with van der Waals surface area (Å²) in [6, 6.07) is 6.67. The Morgan fingerprint density at radius 2 is 1.96 bits per heavy atom. The number of benzene rings is 1. The molecule has 0 aliphatic heterocycles. The average molecular weight is 368 g/mol. The molecule has 0 radical (unpaired) electrons. The number of nitrogens with zero attached hydrogens (tertiary/aromatic N) is 1. The molecule has 2 atom stereocenters. The molecule has 140 valence electrons. The van der Waals surface area contributed by atoms with Crippen molar-refractivity contribution in [2.45, 2.75) is 50.0 Å². The van der Waals surface area contributed by atoms with Gasteiger partial charge in [-0.15, -0.1) is 0 Å². The summed E-state index contributed by atoms with van der Waals surface area (Å²) >= 11 is 0. The normalized spacial score (nSPS) is 24.1. The Labute approximate surface area is 150 Å². The number of amides is 1. The number of likely N-dealkylation sites (N-methyl/N-ethyl adjacent to an activating group) is 1. The molecule has 0 aromatic heterocycles. The molecule has 1 amide bonds. The van der Waals surface area contributed by atoms with Crippen LogP contribution in [0, 0.1) is 12.8 Å². The Morgan fingerprint density at radius 1 is 1.32 bits per heavy atom. The van der Waals surface area contributed by atoms with Gasteiger partial charge in [-0.2, -0.15) is 0 Å². The van der Waals surface area contributed by atoms with Gasteiger partial charge in [-0.25, -0.2) is 13.1 Å². The average Bonchev–Trinajstić information content (AvgIpc) is 2.54. The zero-order valence-corrected chi connectivity index (χ0v) is 16.1. The second kappa shape index (κ2) is 7.85. The molecule has 1 fully saturated rings. The molecular formula is C18H29N3O3S. The molecular weight excluding hydrogens is 338 g/mol. The maximum Gasteiger partial charge on any atom is 0.240 e. The Kier molecular flexibility index (Phi) is 6.24. The summed E-state index contributed by atoms with van der Waals surface area (Å²) in [5, 5.41) is 0. The van der Waals surface area contributed by atoms with Gasteiger partial charge in [0.25, 0.3) is 0 Å². The molecule has 7 heteroatoms. The van der Waals surface area contributed by atoms with E-state index < -0.39 is 15.6 Å². The van der Waals surface area contributed by atoms with Gasteiger partial charge in [-0.3, -0.25) is 4.79 Å². The lowest BCUT2D eigenvalue weighted by atomic mass is 9.74. The van der Waals surface area contributed by atoms with Crippen LogP contribution in [-0.2, 0) is 14.8 Å². The molecule has 0 spiro atoms. The van der Waals surface area contributed by atoms with E-state index in [0.29, 0.717) is 6.54 Å². The highest BCUT2D eigenvalue weighted by molar-refractivity contribution is 7.89. The molecule has 25 heavy (non-hydrogen) atoms. The van der Waals surface area contributed by atoms with E-state index in [2.05, 4.69) is 4.72 Å². The summed E-state index contributed by atoms with van der Waals surface area (Å²) in [5.41, 5.74) is 6.81. The third-order valence-corrected chi connectivity index (χ3v) is 6.48. The molecule has 1 aromatic carbocycles. The van der Waals surface area contributed by atoms with Crippen LogP contribution >= 0.6 is 0 Å². The van der Waals surface area contributed by atoms with Crippen LogP contribution in [0.15, 0.2) is 29.2 Å². The summed E-state index contributed by atoms with van der Waals surface area (Å²) < 4.78 is 27.1. The molecule has 1 aromatic rings. The molecule has 3 N–H and O–H groups in total. The highest BCUT2D eigenvalue weighted by atomic mass is 32.2. The molecule has 6 nitrogen and oxygen atoms in total. The van der Waals surface area contributed by atoms with Crippen LogP contribution in [0.25, 0.3) is 0 Å². The third kappa shape index (κ3) is 5.03. The Balaban J connectivity index is 1.90. The number of aryl methyl sites for hydroxylation is 1. The van der Waals surface area contributed by atoms with Crippen LogP contribution in [0.3, 0.4) is 0 Å². The minimum atomic E-state index is -3.56. The van der Waals surface area contributed by atoms with Crippen LogP contribution in [0.2, 0.25) is 0 Å². The number of nitrogens with one attached hydrogen (secondary N) is 1. The zero-order valence-electron chi connectivity index (χ0n) is 15.3. The zero-order chi connectivity index (χ0) is 18.7. The van der Waals surface area contributed by atoms with Crippen LogP contribution in [0.4, 0.5) is 0 Å². The number of rotatable bonds is 6. The van der Waals surface area contributed by atoms with Crippen molar-refractivity contribution in [2.24, 2.45) is 11.7 Å². The Morgan fingerprint density at radius 3 is 2.56 bits per heavy atom. The topological polar surface area (TPSA) is 92.5 Å². The van der Waals surface area contributed by atoms with Gasteiger partial charge in [0.1, 0.15) is 0 Å². The maximum absolute atomic E-state index is 12.6. The first kappa shape index (κ1) is 19.9. The highest BCUT2D eigenvalue weighted by Crippen LogP contribution is 2.32. The van der Waals surface area contributed by atoms with Gasteiger partial charge >= 0.3 is 0 Å². The summed E-state index contributed by atoms with van der Waals surface area (Å²) in [6.45, 7) is 4.33. The van der Waals surface area contributed by atoms with E-state index >= 15 is 0 Å². The number of hydrogen-bond acceptors (Lipinski definition) is 4. The van der Waals surface area contributed by atoms with Crippen molar-refractivity contribution in [1.82, 2.24) is 9.62 Å². The predicted octanol–water partition coefficient (Wildman–Crippen LogP) is 1.64. The second-order valence-corrected chi connectivity index (χ2v) is 9.04. The molecule has 0 saturated heterocycles. The van der Waals surface area contributed by atoms with Gasteiger partial charge in [-0.1, -0.05) is 30.5 Å². The van der Waals surface area contributed by atoms with E-state index in [1.807, 2.05) is 13.8 Å². The largest absolute Gasteiger partial charge is 0.344 e. The maximum atomic E-state index is 12.6. The van der Waals surface area contributed by atoms with Crippen molar-refractivity contribution in [3.8, 4) is 0 Å². The van der Waals surface area contributed by atoms with E-state index in [1.54, 1.807) is 36.2 Å². The van der Waals surface area contributed by atoms with E-state index in [1.165, 1.54) is 0 Å². The van der Waals surface area contributed by atoms with Crippen LogP contribution in [-0.4, -0.2) is 44.9 Å². The van der Waals surface area contributed by atoms with Gasteiger partial charge < -0.3 is 10.6 Å². The quantitative estimate of drug-likeness (QED) is 0.799. The molecule has 2 rings (SSSR count). The third-order valence-electron chi connectivity index (χ3n) is 5.00. The lowest BCUT2D eigenvalue weighted by molar-refractivity contribution is -0.137. The number of carbonyl (C=O) groups is 1. The fourth-order valence-electron chi connectivity index (χ4n) is 3.29. The molecule has 2 unspecified atom stereocenters. The van der Waals surface area contributed by atoms with E-state index in [4.69, 9.17) is 5.73 Å². The second-order valence-electron chi connectivity index (χ2n) is 7.27. The van der Waals surface area contributed by atoms with Crippen molar-refractivity contribution in [2.75, 3.05) is 20.1 Å². The van der Waals surface area contributed by atoms with E-state index in [9.17, 15) is 13.2 Å². The van der Waals surface area contributed by atoms with Crippen molar-refractivity contribution < 1.29 is 13.2 Å². The first-order valence-electron chi connectivity index (χ1n) is 8.74. The highest BCUT2D eigenvalue weighted by Gasteiger charge is 2.38. The standard InChI is InChI=1S/C18H29N3O3S/c1-14-7-9-15(10-8-14)25(23,24)20-12-13-21(3)17(22)16-6-4-5-11-18(16,2)19/h7-10,16,20H,4-6,11-13,19H2,1-3H3. The fourth-order valence-corrected chi connectivity index (χ4v) is 4.31. The van der Waals surface area contributed by atoms with Crippen molar-refractivity contribution in [3.05, 3.63) is 29.8 Å². The minimum Gasteiger partial charge on any atom is -0.344 e. The molecule has 0 heterocycles. The number of nitrogens with two attached hydrogens (primary N) is 1. The Bertz CT molecular complexity index is 699. The van der Waals surface area contributed by atoms with Gasteiger partial charge in [0, 0.05) is 25.7 Å². The summed E-state index contributed by atoms with van der Waals surface area (Å²) in [7, 11) is -1.86. The summed E-state index contributed by atoms with van der Waals surface area (Å²) in [4.78, 5) is 14.5. The molecule has 1 aliphatic rings. The van der Waals surface area contributed by atoms with Crippen LogP contribution in [0.5, 0.6) is 0 Å². The number of carbonyl (C=O) groups excluding carboxylic acids is 1. The molecule has 0 bridgehead atoms. The SMILES string of the molecule is Cc1ccc(S(=O)(=O)NCCN(C)C(=O)C2CCCCC2(C)N)cc1. The monoisotopic (exact) mass is 367 g/mol. The number of hydrogen-bond donors (Lipinski definition) is 2. The fraction of sp³-hybridized carbons (Fsp3) is 0.611. The summed E-state index contributed by atoms with van der Waals surface area (Å²) in [6.07, 6.45) is 3.70. The van der Waals surface area contributed by atoms with Crippen molar-refractivity contribution in [1.29, 1.82) is 0 Å². The lowest BCUT2D eigenvalue weighted by Crippen LogP contribution is -2.53. The van der Waals surface area contributed by atoms with Crippen molar-refractivity contribution in [3.63, 3.8) is 0 Å². The van der Waals surface area contributed by atoms with Crippen LogP contribution < -0.4 is 10.5 Å². The van der Waals surface area contributed by atoms with Crippen molar-refractivity contribution >= 4 is 15.9 Å². The summed E-state index contributed by atoms with van der Waals surface area (Å²) in [5.74, 6) is -0.195. The van der Waals surface area contributed by atoms with E-state index in [0.717, 1.165) is 31.2 Å². The lowest BCUT2D eigenvalue weighted by Gasteiger charge is -2.39. The van der Waals surface area contributed by atoms with Gasteiger partial charge in [0.05, 0.1) is 10.8 Å². The first-order chi connectivity index (χ1) is 11.6.